The Balaban J connectivity index is 0.000000182. The molecule has 0 spiro atoms. The molecular formula is C46H40IrN8-4. The van der Waals surface area contributed by atoms with Gasteiger partial charge in [-0.25, -0.2) is 19.9 Å². The van der Waals surface area contributed by atoms with E-state index in [9.17, 15) is 0 Å². The number of aromatic nitrogens is 4. The Morgan fingerprint density at radius 3 is 1.42 bits per heavy atom. The van der Waals surface area contributed by atoms with Crippen LogP contribution in [0.2, 0.25) is 0 Å². The average molecular weight is 897 g/mol. The first kappa shape index (κ1) is 37.4. The third kappa shape index (κ3) is 7.59. The molecule has 4 heterocycles. The topological polar surface area (TPSA) is 64.5 Å². The van der Waals surface area contributed by atoms with Crippen molar-refractivity contribution in [3.8, 4) is 11.3 Å². The van der Waals surface area contributed by atoms with Crippen molar-refractivity contribution in [3.63, 3.8) is 0 Å². The number of hydrogen-bond donors (Lipinski definition) is 0. The first-order valence-electron chi connectivity index (χ1n) is 18.2. The van der Waals surface area contributed by atoms with Crippen LogP contribution in [-0.4, -0.2) is 19.9 Å². The largest absolute Gasteiger partial charge is 0.477 e. The Hall–Kier alpha value is -5.89. The van der Waals surface area contributed by atoms with Crippen LogP contribution in [0.3, 0.4) is 0 Å². The maximum absolute atomic E-state index is 5.21. The van der Waals surface area contributed by atoms with Crippen molar-refractivity contribution in [1.29, 1.82) is 0 Å². The molecule has 2 aliphatic rings. The van der Waals surface area contributed by atoms with Crippen LogP contribution < -0.4 is 19.6 Å². The van der Waals surface area contributed by atoms with Crippen LogP contribution in [0.4, 0.5) is 46.0 Å². The molecule has 5 aromatic carbocycles. The van der Waals surface area contributed by atoms with Crippen LogP contribution in [0.25, 0.3) is 11.3 Å². The van der Waals surface area contributed by atoms with Gasteiger partial charge in [-0.05, 0) is 47.2 Å². The van der Waals surface area contributed by atoms with Crippen LogP contribution >= 0.6 is 0 Å². The van der Waals surface area contributed by atoms with Gasteiger partial charge in [0, 0.05) is 49.4 Å². The molecule has 0 amide bonds. The molecule has 0 N–H and O–H groups in total. The molecule has 0 bridgehead atoms. The molecule has 7 aromatic rings. The summed E-state index contributed by atoms with van der Waals surface area (Å²) in [6, 6.07) is 49.3. The molecule has 0 saturated carbocycles. The minimum absolute atomic E-state index is 0. The molecule has 0 aliphatic carbocycles. The van der Waals surface area contributed by atoms with Gasteiger partial charge in [0.15, 0.2) is 0 Å². The third-order valence-corrected chi connectivity index (χ3v) is 9.37. The van der Waals surface area contributed by atoms with Crippen molar-refractivity contribution in [1.82, 2.24) is 19.9 Å². The van der Waals surface area contributed by atoms with Crippen molar-refractivity contribution in [2.24, 2.45) is 0 Å². The minimum Gasteiger partial charge on any atom is -0.477 e. The summed E-state index contributed by atoms with van der Waals surface area (Å²) in [5.41, 5.74) is 8.69. The Labute approximate surface area is 337 Å². The van der Waals surface area contributed by atoms with Gasteiger partial charge >= 0.3 is 0 Å². The number of hydrogen-bond acceptors (Lipinski definition) is 8. The van der Waals surface area contributed by atoms with Gasteiger partial charge < -0.3 is 19.6 Å². The van der Waals surface area contributed by atoms with Crippen molar-refractivity contribution in [3.05, 3.63) is 183 Å². The molecular weight excluding hydrogens is 857 g/mol. The molecule has 2 aliphatic heterocycles. The van der Waals surface area contributed by atoms with E-state index in [4.69, 9.17) is 9.97 Å². The quantitative estimate of drug-likeness (QED) is 0.147. The molecule has 55 heavy (non-hydrogen) atoms. The number of para-hydroxylation sites is 4. The second kappa shape index (κ2) is 16.6. The van der Waals surface area contributed by atoms with Gasteiger partial charge in [-0.3, -0.25) is 0 Å². The van der Waals surface area contributed by atoms with E-state index in [0.717, 1.165) is 51.7 Å². The normalized spacial score (nSPS) is 13.0. The van der Waals surface area contributed by atoms with E-state index in [0.29, 0.717) is 11.8 Å². The predicted octanol–water partition coefficient (Wildman–Crippen LogP) is 11.3. The van der Waals surface area contributed by atoms with Gasteiger partial charge in [-0.15, -0.1) is 24.7 Å². The van der Waals surface area contributed by atoms with Gasteiger partial charge in [0.2, 0.25) is 0 Å². The van der Waals surface area contributed by atoms with E-state index in [1.165, 1.54) is 16.7 Å². The van der Waals surface area contributed by atoms with Crippen molar-refractivity contribution in [2.45, 2.75) is 39.5 Å². The Bertz CT molecular complexity index is 2230. The summed E-state index contributed by atoms with van der Waals surface area (Å²) in [6.07, 6.45) is 5.34. The zero-order valence-electron chi connectivity index (χ0n) is 31.1. The van der Waals surface area contributed by atoms with Crippen LogP contribution in [0.15, 0.2) is 146 Å². The summed E-state index contributed by atoms with van der Waals surface area (Å²) in [6.45, 7) is 13.0. The number of anilines is 8. The zero-order chi connectivity index (χ0) is 37.0. The third-order valence-electron chi connectivity index (χ3n) is 9.37. The summed E-state index contributed by atoms with van der Waals surface area (Å²) >= 11 is 0. The van der Waals surface area contributed by atoms with Crippen molar-refractivity contribution in [2.75, 3.05) is 19.6 Å². The first-order valence-corrected chi connectivity index (χ1v) is 18.2. The Kier molecular flexibility index (Phi) is 11.3. The number of rotatable bonds is 7. The summed E-state index contributed by atoms with van der Waals surface area (Å²) in [4.78, 5) is 27.3. The van der Waals surface area contributed by atoms with E-state index in [1.807, 2.05) is 126 Å². The SMILES string of the molecule is CC(C)c1cccc(C(C)C)c1-c1cnc2c(n1)N(c1[c-]cccc1)[CH-]N2c1ccccc1.[Ir].[c-]1ccccc1N1[CH-]N(c2ccccc2)c2nccnc21. The summed E-state index contributed by atoms with van der Waals surface area (Å²) < 4.78 is 0. The molecule has 8 nitrogen and oxygen atoms in total. The molecule has 0 saturated heterocycles. The molecule has 0 fully saturated rings. The van der Waals surface area contributed by atoms with Gasteiger partial charge in [0.25, 0.3) is 0 Å². The number of fused-ring (bicyclic) bond motifs is 2. The van der Waals surface area contributed by atoms with Crippen LogP contribution in [0, 0.1) is 25.5 Å². The van der Waals surface area contributed by atoms with E-state index in [2.05, 4.69) is 89.9 Å². The van der Waals surface area contributed by atoms with Crippen molar-refractivity contribution < 1.29 is 20.1 Å². The summed E-state index contributed by atoms with van der Waals surface area (Å²) in [7, 11) is 0. The average Bonchev–Trinajstić information content (AvgIpc) is 3.81. The molecule has 277 valence electrons. The Morgan fingerprint density at radius 1 is 0.491 bits per heavy atom. The predicted molar refractivity (Wildman–Crippen MR) is 218 cm³/mol. The van der Waals surface area contributed by atoms with Gasteiger partial charge in [0.05, 0.1) is 11.9 Å². The molecule has 1 radical (unpaired) electrons. The Morgan fingerprint density at radius 2 is 0.945 bits per heavy atom. The minimum atomic E-state index is 0. The molecule has 0 atom stereocenters. The fourth-order valence-electron chi connectivity index (χ4n) is 6.76. The van der Waals surface area contributed by atoms with E-state index in [-0.39, 0.29) is 20.1 Å². The van der Waals surface area contributed by atoms with Crippen LogP contribution in [-0.2, 0) is 20.1 Å². The maximum atomic E-state index is 5.21. The second-order valence-corrected chi connectivity index (χ2v) is 13.6. The van der Waals surface area contributed by atoms with E-state index < -0.39 is 0 Å². The molecule has 2 aromatic heterocycles. The van der Waals surface area contributed by atoms with Gasteiger partial charge in [0.1, 0.15) is 23.3 Å². The molecule has 9 heteroatoms. The second-order valence-electron chi connectivity index (χ2n) is 13.6. The van der Waals surface area contributed by atoms with Crippen LogP contribution in [0.1, 0.15) is 50.7 Å². The number of benzene rings is 5. The van der Waals surface area contributed by atoms with Gasteiger partial charge in [-0.1, -0.05) is 82.3 Å². The van der Waals surface area contributed by atoms with Gasteiger partial charge in [-0.2, -0.15) is 60.7 Å². The van der Waals surface area contributed by atoms with E-state index >= 15 is 0 Å². The summed E-state index contributed by atoms with van der Waals surface area (Å²) in [5, 5.41) is 0. The summed E-state index contributed by atoms with van der Waals surface area (Å²) in [5.74, 6) is 4.03. The smallest absolute Gasteiger partial charge is 0.145 e. The fraction of sp³-hybridized carbons (Fsp3) is 0.130. The molecule has 0 unspecified atom stereocenters. The molecule has 9 rings (SSSR count). The first-order chi connectivity index (χ1) is 26.5. The standard InChI is InChI=1S/C29H28N4.C17H12N4.Ir/c1-20(2)24-16-11-17-25(21(3)4)27(24)26-18-30-28-29(31-26)33(23-14-9-6-10-15-23)19-32(28)22-12-7-5-8-13-22;1-3-7-14(8-4-1)20-13-21(15-9-5-2-6-10-15)17-16(20)18-11-12-19-17;/h5-14,16-21H,1-4H3;1-9,11-13H;/q2*-2;. The number of nitrogens with zero attached hydrogens (tertiary/aromatic N) is 8. The fourth-order valence-corrected chi connectivity index (χ4v) is 6.76. The maximum Gasteiger partial charge on any atom is 0.145 e. The zero-order valence-corrected chi connectivity index (χ0v) is 33.5. The monoisotopic (exact) mass is 897 g/mol. The van der Waals surface area contributed by atoms with Crippen molar-refractivity contribution >= 4 is 46.0 Å². The van der Waals surface area contributed by atoms with E-state index in [1.54, 1.807) is 12.4 Å². The van der Waals surface area contributed by atoms with Crippen LogP contribution in [0.5, 0.6) is 0 Å².